The maximum absolute atomic E-state index is 14.1. The van der Waals surface area contributed by atoms with Gasteiger partial charge in [0.1, 0.15) is 11.4 Å². The van der Waals surface area contributed by atoms with E-state index in [0.717, 1.165) is 0 Å². The maximum Gasteiger partial charge on any atom is 1.00 e. The van der Waals surface area contributed by atoms with Crippen molar-refractivity contribution in [3.05, 3.63) is 0 Å². The summed E-state index contributed by atoms with van der Waals surface area (Å²) < 4.78 is 19.2. The molecule has 0 radical (unpaired) electrons. The van der Waals surface area contributed by atoms with Crippen molar-refractivity contribution in [1.29, 1.82) is 0 Å². The van der Waals surface area contributed by atoms with Gasteiger partial charge in [0.2, 0.25) is 0 Å². The molecule has 11 heteroatoms. The first-order valence-corrected chi connectivity index (χ1v) is 17.3. The van der Waals surface area contributed by atoms with Crippen molar-refractivity contribution >= 4 is 11.8 Å². The molecule has 3 aliphatic rings. The van der Waals surface area contributed by atoms with Crippen LogP contribution >= 0.6 is 0 Å². The van der Waals surface area contributed by atoms with Crippen LogP contribution in [0.5, 0.6) is 0 Å². The number of aliphatic hydroxyl groups is 4. The fourth-order valence-corrected chi connectivity index (χ4v) is 9.06. The summed E-state index contributed by atoms with van der Waals surface area (Å²) >= 11 is 0. The van der Waals surface area contributed by atoms with Crippen molar-refractivity contribution in [3.63, 3.8) is 0 Å². The summed E-state index contributed by atoms with van der Waals surface area (Å²) in [5.41, 5.74) is -2.00. The Labute approximate surface area is 298 Å². The Morgan fingerprint density at radius 3 is 1.98 bits per heavy atom. The van der Waals surface area contributed by atoms with Crippen LogP contribution in [-0.4, -0.2) is 79.4 Å². The molecule has 0 spiro atoms. The first-order valence-electron chi connectivity index (χ1n) is 17.3. The van der Waals surface area contributed by atoms with Crippen LogP contribution < -0.4 is 34.7 Å². The van der Waals surface area contributed by atoms with E-state index in [-0.39, 0.29) is 53.1 Å². The molecule has 16 atom stereocenters. The van der Waals surface area contributed by atoms with Gasteiger partial charge in [-0.15, -0.1) is 0 Å². The van der Waals surface area contributed by atoms with Crippen molar-refractivity contribution in [1.82, 2.24) is 0 Å². The molecule has 0 amide bonds. The van der Waals surface area contributed by atoms with E-state index in [4.69, 9.17) is 14.2 Å². The molecule has 0 aromatic carbocycles. The average Bonchev–Trinajstić information content (AvgIpc) is 3.46. The van der Waals surface area contributed by atoms with Gasteiger partial charge in [-0.25, -0.2) is 0 Å². The van der Waals surface area contributed by atoms with Gasteiger partial charge in [-0.1, -0.05) is 69.2 Å². The molecule has 10 nitrogen and oxygen atoms in total. The number of Topliss-reactive ketones (excluding diaryl/α,β-unsaturated/α-hetero) is 1. The molecule has 4 N–H and O–H groups in total. The minimum atomic E-state index is -1.96. The number of aliphatic carboxylic acids is 1. The average molecular weight is 665 g/mol. The predicted molar refractivity (Wildman–Crippen MR) is 166 cm³/mol. The minimum absolute atomic E-state index is 0. The van der Waals surface area contributed by atoms with E-state index in [1.165, 1.54) is 6.92 Å². The van der Waals surface area contributed by atoms with E-state index in [0.29, 0.717) is 38.5 Å². The second-order valence-corrected chi connectivity index (χ2v) is 15.3. The van der Waals surface area contributed by atoms with Gasteiger partial charge in [-0.3, -0.25) is 4.79 Å². The van der Waals surface area contributed by atoms with Crippen molar-refractivity contribution in [2.45, 2.75) is 162 Å². The molecular weight excluding hydrogens is 603 g/mol. The molecule has 0 bridgehead atoms. The number of ether oxygens (including phenoxy) is 3. The van der Waals surface area contributed by atoms with Crippen molar-refractivity contribution in [2.75, 3.05) is 0 Å². The second kappa shape index (κ2) is 15.4. The molecule has 0 unspecified atom stereocenters. The summed E-state index contributed by atoms with van der Waals surface area (Å²) in [4.78, 5) is 25.8. The second-order valence-electron chi connectivity index (χ2n) is 15.3. The Morgan fingerprint density at radius 1 is 0.891 bits per heavy atom. The van der Waals surface area contributed by atoms with E-state index in [1.54, 1.807) is 20.8 Å². The normalized spacial score (nSPS) is 43.6. The third-order valence-electron chi connectivity index (χ3n) is 12.2. The van der Waals surface area contributed by atoms with Crippen molar-refractivity contribution in [2.24, 2.45) is 47.3 Å². The van der Waals surface area contributed by atoms with Gasteiger partial charge >= 0.3 is 29.6 Å². The largest absolute Gasteiger partial charge is 1.00 e. The first kappa shape index (κ1) is 42.0. The van der Waals surface area contributed by atoms with Gasteiger partial charge in [0, 0.05) is 41.5 Å². The van der Waals surface area contributed by atoms with Crippen LogP contribution in [0.4, 0.5) is 0 Å². The zero-order valence-corrected chi connectivity index (χ0v) is 32.4. The van der Waals surface area contributed by atoms with Gasteiger partial charge in [-0.2, -0.15) is 0 Å². The van der Waals surface area contributed by atoms with Crippen molar-refractivity contribution < 1.29 is 78.9 Å². The smallest absolute Gasteiger partial charge is 0.550 e. The molecule has 3 aliphatic heterocycles. The first-order chi connectivity index (χ1) is 20.7. The SMILES string of the molecule is CC[C@H](C(=O)[C@@H](C)[C@@H](O)[C@H](C)[C@H]1O[C@@](O)([C@@H](C)C(=O)[O-])[C@H](C)C[C@@H]1C)[C@H]1O[C@](C)([C@]2(O)O[C@@](CC)([C@@H](O)CC)C[C@H]2C)C[C@@H]1C.[Na+]. The molecule has 3 heterocycles. The summed E-state index contributed by atoms with van der Waals surface area (Å²) in [6.07, 6.45) is -0.128. The van der Waals surface area contributed by atoms with E-state index >= 15 is 0 Å². The Morgan fingerprint density at radius 2 is 1.48 bits per heavy atom. The van der Waals surface area contributed by atoms with Crippen LogP contribution in [0.3, 0.4) is 0 Å². The molecule has 3 rings (SSSR count). The number of aliphatic hydroxyl groups excluding tert-OH is 2. The maximum atomic E-state index is 14.1. The zero-order valence-electron chi connectivity index (χ0n) is 30.4. The van der Waals surface area contributed by atoms with E-state index in [2.05, 4.69) is 0 Å². The van der Waals surface area contributed by atoms with Crippen LogP contribution in [0.25, 0.3) is 0 Å². The molecule has 46 heavy (non-hydrogen) atoms. The molecule has 262 valence electrons. The van der Waals surface area contributed by atoms with Crippen LogP contribution in [0.1, 0.15) is 115 Å². The zero-order chi connectivity index (χ0) is 34.4. The minimum Gasteiger partial charge on any atom is -0.550 e. The third kappa shape index (κ3) is 7.19. The summed E-state index contributed by atoms with van der Waals surface area (Å²) in [5.74, 6) is -9.39. The number of rotatable bonds is 13. The van der Waals surface area contributed by atoms with Gasteiger partial charge in [0.25, 0.3) is 0 Å². The van der Waals surface area contributed by atoms with E-state index in [1.807, 2.05) is 48.5 Å². The van der Waals surface area contributed by atoms with Gasteiger partial charge in [0.15, 0.2) is 11.6 Å². The summed E-state index contributed by atoms with van der Waals surface area (Å²) in [6.45, 7) is 20.0. The number of carboxylic acid groups (broad SMARTS) is 1. The molecule has 3 fully saturated rings. The standard InChI is InChI=1S/C35H62O10.Na/c1-12-25(30-19(5)16-32(11,43-30)35(42)21(7)17-33(14-3,45-35)26(36)13-2)28(38)22(8)27(37)23(9)29-18(4)15-20(6)34(41,44-29)24(10)31(39)40;/h18-27,29-30,36-37,41-42H,12-17H2,1-11H3,(H,39,40);/q;+1/p-1/t18-,19-,20+,21+,22-,23-,24-,25+,26-,27+,29-,30-,32-,33+,34+,35+;/m0./s1. The van der Waals surface area contributed by atoms with Crippen LogP contribution in [0.15, 0.2) is 0 Å². The Hall–Kier alpha value is -0.140. The van der Waals surface area contributed by atoms with Crippen LogP contribution in [0.2, 0.25) is 0 Å². The van der Waals surface area contributed by atoms with E-state index in [9.17, 15) is 35.1 Å². The number of carboxylic acids is 1. The molecular formula is C35H61NaO10. The Bertz CT molecular complexity index is 1060. The number of carbonyl (C=O) groups excluding carboxylic acids is 2. The molecule has 0 aromatic heterocycles. The topological polar surface area (TPSA) is 166 Å². The van der Waals surface area contributed by atoms with Gasteiger partial charge in [-0.05, 0) is 57.3 Å². The summed E-state index contributed by atoms with van der Waals surface area (Å²) in [5, 5.41) is 57.4. The Kier molecular flexibility index (Phi) is 14.1. The molecule has 0 aromatic rings. The van der Waals surface area contributed by atoms with E-state index < -0.39 is 82.8 Å². The number of ketones is 1. The molecule has 3 saturated heterocycles. The number of carbonyl (C=O) groups is 2. The fourth-order valence-electron chi connectivity index (χ4n) is 9.06. The summed E-state index contributed by atoms with van der Waals surface area (Å²) in [7, 11) is 0. The Balaban J connectivity index is 0.00000736. The van der Waals surface area contributed by atoms with Crippen LogP contribution in [0, 0.1) is 47.3 Å². The van der Waals surface area contributed by atoms with Gasteiger partial charge < -0.3 is 44.5 Å². The monoisotopic (exact) mass is 664 g/mol. The van der Waals surface area contributed by atoms with Gasteiger partial charge in [0.05, 0.1) is 30.0 Å². The quantitative estimate of drug-likeness (QED) is 0.200. The fraction of sp³-hybridized carbons (Fsp3) is 0.943. The third-order valence-corrected chi connectivity index (χ3v) is 12.2. The molecule has 0 aliphatic carbocycles. The summed E-state index contributed by atoms with van der Waals surface area (Å²) in [6, 6.07) is 0. The van der Waals surface area contributed by atoms with Crippen molar-refractivity contribution in [3.8, 4) is 0 Å². The van der Waals surface area contributed by atoms with Crippen LogP contribution in [-0.2, 0) is 23.8 Å². The predicted octanol–water partition coefficient (Wildman–Crippen LogP) is 0.203. The molecule has 0 saturated carbocycles. The number of hydrogen-bond acceptors (Lipinski definition) is 10. The number of hydrogen-bond donors (Lipinski definition) is 4.